The predicted octanol–water partition coefficient (Wildman–Crippen LogP) is 4.61. The standard InChI is InChI=1S/C16H16BrFO2/c1-2-14(19)12-7-3-4-9-15(12)20-10-11-6-5-8-13(18)16(11)17/h3-9,14,19H,2,10H2,1H3. The number of hydrogen-bond donors (Lipinski definition) is 1. The van der Waals surface area contributed by atoms with Gasteiger partial charge in [-0.1, -0.05) is 37.3 Å². The number of aliphatic hydroxyl groups excluding tert-OH is 1. The van der Waals surface area contributed by atoms with E-state index in [1.54, 1.807) is 18.2 Å². The van der Waals surface area contributed by atoms with E-state index in [1.807, 2.05) is 25.1 Å². The summed E-state index contributed by atoms with van der Waals surface area (Å²) >= 11 is 3.21. The van der Waals surface area contributed by atoms with Gasteiger partial charge in [0.25, 0.3) is 0 Å². The fourth-order valence-electron chi connectivity index (χ4n) is 1.92. The van der Waals surface area contributed by atoms with Crippen molar-refractivity contribution >= 4 is 15.9 Å². The fourth-order valence-corrected chi connectivity index (χ4v) is 2.30. The lowest BCUT2D eigenvalue weighted by molar-refractivity contribution is 0.166. The van der Waals surface area contributed by atoms with Gasteiger partial charge in [-0.05, 0) is 34.5 Å². The highest BCUT2D eigenvalue weighted by Crippen LogP contribution is 2.28. The van der Waals surface area contributed by atoms with Crippen molar-refractivity contribution < 1.29 is 14.2 Å². The molecule has 0 radical (unpaired) electrons. The van der Waals surface area contributed by atoms with Crippen molar-refractivity contribution in [2.24, 2.45) is 0 Å². The van der Waals surface area contributed by atoms with Crippen molar-refractivity contribution in [1.29, 1.82) is 0 Å². The molecular weight excluding hydrogens is 323 g/mol. The Morgan fingerprint density at radius 1 is 1.20 bits per heavy atom. The molecule has 0 aromatic heterocycles. The molecule has 20 heavy (non-hydrogen) atoms. The zero-order valence-corrected chi connectivity index (χ0v) is 12.7. The largest absolute Gasteiger partial charge is 0.488 e. The average Bonchev–Trinajstić information content (AvgIpc) is 2.48. The van der Waals surface area contributed by atoms with Gasteiger partial charge in [-0.3, -0.25) is 0 Å². The fraction of sp³-hybridized carbons (Fsp3) is 0.250. The summed E-state index contributed by atoms with van der Waals surface area (Å²) in [5.74, 6) is 0.311. The van der Waals surface area contributed by atoms with Crippen LogP contribution < -0.4 is 4.74 Å². The highest BCUT2D eigenvalue weighted by molar-refractivity contribution is 9.10. The minimum atomic E-state index is -0.554. The van der Waals surface area contributed by atoms with Crippen LogP contribution in [0.4, 0.5) is 4.39 Å². The number of halogens is 2. The van der Waals surface area contributed by atoms with Crippen molar-refractivity contribution in [1.82, 2.24) is 0 Å². The molecule has 2 nitrogen and oxygen atoms in total. The molecule has 2 aromatic rings. The van der Waals surface area contributed by atoms with Crippen LogP contribution in [0.2, 0.25) is 0 Å². The molecule has 0 amide bonds. The Kier molecular flexibility index (Phi) is 5.15. The molecule has 2 rings (SSSR count). The molecule has 0 bridgehead atoms. The molecule has 2 aromatic carbocycles. The first-order valence-electron chi connectivity index (χ1n) is 6.46. The van der Waals surface area contributed by atoms with Gasteiger partial charge in [0.1, 0.15) is 18.2 Å². The average molecular weight is 339 g/mol. The van der Waals surface area contributed by atoms with Crippen molar-refractivity contribution in [3.8, 4) is 5.75 Å². The van der Waals surface area contributed by atoms with Crippen LogP contribution in [-0.2, 0) is 6.61 Å². The lowest BCUT2D eigenvalue weighted by Crippen LogP contribution is -2.03. The maximum Gasteiger partial charge on any atom is 0.137 e. The Labute approximate surface area is 126 Å². The molecule has 0 fully saturated rings. The van der Waals surface area contributed by atoms with E-state index in [1.165, 1.54) is 6.07 Å². The first-order chi connectivity index (χ1) is 9.63. The molecule has 1 unspecified atom stereocenters. The minimum Gasteiger partial charge on any atom is -0.488 e. The Hall–Kier alpha value is -1.39. The van der Waals surface area contributed by atoms with Gasteiger partial charge in [0.05, 0.1) is 10.6 Å². The van der Waals surface area contributed by atoms with E-state index in [-0.39, 0.29) is 12.4 Å². The first kappa shape index (κ1) is 15.0. The van der Waals surface area contributed by atoms with E-state index in [9.17, 15) is 9.50 Å². The third-order valence-corrected chi connectivity index (χ3v) is 3.97. The SMILES string of the molecule is CCC(O)c1ccccc1OCc1cccc(F)c1Br. The van der Waals surface area contributed by atoms with E-state index in [4.69, 9.17) is 4.74 Å². The van der Waals surface area contributed by atoms with E-state index in [0.717, 1.165) is 11.1 Å². The second-order valence-corrected chi connectivity index (χ2v) is 5.26. The van der Waals surface area contributed by atoms with Crippen LogP contribution in [0.15, 0.2) is 46.9 Å². The Bertz CT molecular complexity index is 586. The number of benzene rings is 2. The van der Waals surface area contributed by atoms with Gasteiger partial charge in [-0.15, -0.1) is 0 Å². The van der Waals surface area contributed by atoms with Crippen LogP contribution in [0, 0.1) is 5.82 Å². The molecule has 1 atom stereocenters. The molecule has 0 saturated heterocycles. The quantitative estimate of drug-likeness (QED) is 0.862. The lowest BCUT2D eigenvalue weighted by atomic mass is 10.1. The van der Waals surface area contributed by atoms with E-state index >= 15 is 0 Å². The molecule has 0 saturated carbocycles. The lowest BCUT2D eigenvalue weighted by Gasteiger charge is -2.15. The summed E-state index contributed by atoms with van der Waals surface area (Å²) in [4.78, 5) is 0. The maximum atomic E-state index is 13.4. The van der Waals surface area contributed by atoms with Crippen molar-refractivity contribution in [3.63, 3.8) is 0 Å². The van der Waals surface area contributed by atoms with E-state index in [2.05, 4.69) is 15.9 Å². The molecule has 0 aliphatic heterocycles. The summed E-state index contributed by atoms with van der Waals surface area (Å²) in [6.45, 7) is 2.15. The smallest absolute Gasteiger partial charge is 0.137 e. The number of aliphatic hydroxyl groups is 1. The summed E-state index contributed by atoms with van der Waals surface area (Å²) in [5.41, 5.74) is 1.48. The number of rotatable bonds is 5. The van der Waals surface area contributed by atoms with Crippen LogP contribution in [-0.4, -0.2) is 5.11 Å². The summed E-state index contributed by atoms with van der Waals surface area (Å²) < 4.78 is 19.6. The first-order valence-corrected chi connectivity index (χ1v) is 7.25. The predicted molar refractivity (Wildman–Crippen MR) is 80.1 cm³/mol. The van der Waals surface area contributed by atoms with Crippen LogP contribution in [0.3, 0.4) is 0 Å². The number of hydrogen-bond acceptors (Lipinski definition) is 2. The molecule has 1 N–H and O–H groups in total. The van der Waals surface area contributed by atoms with Crippen LogP contribution in [0.5, 0.6) is 5.75 Å². The third-order valence-electron chi connectivity index (χ3n) is 3.08. The van der Waals surface area contributed by atoms with Gasteiger partial charge < -0.3 is 9.84 Å². The van der Waals surface area contributed by atoms with Gasteiger partial charge >= 0.3 is 0 Å². The second-order valence-electron chi connectivity index (χ2n) is 4.46. The summed E-state index contributed by atoms with van der Waals surface area (Å²) in [7, 11) is 0. The zero-order valence-electron chi connectivity index (χ0n) is 11.1. The minimum absolute atomic E-state index is 0.242. The molecule has 0 heterocycles. The Morgan fingerprint density at radius 3 is 2.70 bits per heavy atom. The third kappa shape index (κ3) is 3.38. The van der Waals surface area contributed by atoms with E-state index < -0.39 is 6.10 Å². The summed E-state index contributed by atoms with van der Waals surface area (Å²) in [6.07, 6.45) is 0.0615. The monoisotopic (exact) mass is 338 g/mol. The molecule has 4 heteroatoms. The van der Waals surface area contributed by atoms with Gasteiger partial charge in [-0.2, -0.15) is 0 Å². The van der Waals surface area contributed by atoms with Crippen LogP contribution >= 0.6 is 15.9 Å². The zero-order chi connectivity index (χ0) is 14.5. The van der Waals surface area contributed by atoms with Crippen molar-refractivity contribution in [2.45, 2.75) is 26.1 Å². The summed E-state index contributed by atoms with van der Waals surface area (Å²) in [6, 6.07) is 12.2. The highest BCUT2D eigenvalue weighted by Gasteiger charge is 2.12. The van der Waals surface area contributed by atoms with Crippen molar-refractivity contribution in [3.05, 3.63) is 63.9 Å². The van der Waals surface area contributed by atoms with Crippen LogP contribution in [0.25, 0.3) is 0 Å². The van der Waals surface area contributed by atoms with Gasteiger partial charge in [0, 0.05) is 11.1 Å². The summed E-state index contributed by atoms with van der Waals surface area (Å²) in [5, 5.41) is 9.96. The van der Waals surface area contributed by atoms with E-state index in [0.29, 0.717) is 16.6 Å². The molecule has 0 aliphatic carbocycles. The second kappa shape index (κ2) is 6.86. The van der Waals surface area contributed by atoms with Gasteiger partial charge in [0.15, 0.2) is 0 Å². The molecule has 106 valence electrons. The maximum absolute atomic E-state index is 13.4. The highest BCUT2D eigenvalue weighted by atomic mass is 79.9. The normalized spacial score (nSPS) is 12.2. The Morgan fingerprint density at radius 2 is 1.95 bits per heavy atom. The number of para-hydroxylation sites is 1. The Balaban J connectivity index is 2.17. The topological polar surface area (TPSA) is 29.5 Å². The molecule has 0 spiro atoms. The van der Waals surface area contributed by atoms with Gasteiger partial charge in [-0.25, -0.2) is 4.39 Å². The molecule has 0 aliphatic rings. The van der Waals surface area contributed by atoms with Crippen LogP contribution in [0.1, 0.15) is 30.6 Å². The van der Waals surface area contributed by atoms with Gasteiger partial charge in [0.2, 0.25) is 0 Å². The number of ether oxygens (including phenoxy) is 1. The van der Waals surface area contributed by atoms with Crippen molar-refractivity contribution in [2.75, 3.05) is 0 Å². The molecular formula is C16H16BrFO2.